The van der Waals surface area contributed by atoms with Crippen molar-refractivity contribution >= 4 is 44.3 Å². The molecule has 2 aromatic rings. The first-order valence-electron chi connectivity index (χ1n) is 6.14. The molecule has 0 aliphatic rings. The molecule has 0 radical (unpaired) electrons. The van der Waals surface area contributed by atoms with Crippen molar-refractivity contribution in [2.24, 2.45) is 5.73 Å². The molecule has 3 nitrogen and oxygen atoms in total. The van der Waals surface area contributed by atoms with Gasteiger partial charge in [-0.2, -0.15) is 0 Å². The van der Waals surface area contributed by atoms with E-state index in [-0.39, 0.29) is 18.2 Å². The average Bonchev–Trinajstić information content (AvgIpc) is 2.44. The van der Waals surface area contributed by atoms with Crippen molar-refractivity contribution in [3.8, 4) is 5.75 Å². The summed E-state index contributed by atoms with van der Waals surface area (Å²) in [5.74, 6) is 0.124. The Morgan fingerprint density at radius 1 is 1.05 bits per heavy atom. The Balaban J connectivity index is 0.00000220. The van der Waals surface area contributed by atoms with Crippen molar-refractivity contribution in [1.82, 2.24) is 0 Å². The second-order valence-corrected chi connectivity index (χ2v) is 6.32. The molecule has 6 heteroatoms. The van der Waals surface area contributed by atoms with Gasteiger partial charge >= 0.3 is 0 Å². The van der Waals surface area contributed by atoms with Crippen LogP contribution in [0, 0.1) is 0 Å². The maximum absolute atomic E-state index is 10.3. The van der Waals surface area contributed by atoms with Gasteiger partial charge in [0, 0.05) is 6.42 Å². The standard InChI is InChI=1S/C15H15Br2NO2.ClH/c16-11-7-10(8-12(17)15(11)20)14(18)13(19)6-9-4-2-1-3-5-9;/h1-5,7-8,13-14,19-20H,6,18H2;1H/t13-,14+;/m0./s1. The first-order valence-corrected chi connectivity index (χ1v) is 7.73. The van der Waals surface area contributed by atoms with E-state index in [9.17, 15) is 10.2 Å². The molecule has 21 heavy (non-hydrogen) atoms. The van der Waals surface area contributed by atoms with Gasteiger partial charge < -0.3 is 15.9 Å². The first kappa shape index (κ1) is 18.5. The maximum atomic E-state index is 10.3. The summed E-state index contributed by atoms with van der Waals surface area (Å²) in [6, 6.07) is 12.6. The molecular formula is C15H16Br2ClNO2. The zero-order chi connectivity index (χ0) is 14.7. The van der Waals surface area contributed by atoms with Gasteiger partial charge in [0.15, 0.2) is 0 Å². The lowest BCUT2D eigenvalue weighted by Gasteiger charge is -2.20. The Kier molecular flexibility index (Phi) is 7.16. The van der Waals surface area contributed by atoms with E-state index in [1.165, 1.54) is 0 Å². The van der Waals surface area contributed by atoms with Gasteiger partial charge in [0.1, 0.15) is 5.75 Å². The van der Waals surface area contributed by atoms with E-state index in [0.717, 1.165) is 11.1 Å². The van der Waals surface area contributed by atoms with Gasteiger partial charge in [0.25, 0.3) is 0 Å². The normalized spacial score (nSPS) is 13.3. The molecule has 0 saturated carbocycles. The Bertz CT molecular complexity index is 572. The fourth-order valence-electron chi connectivity index (χ4n) is 1.98. The summed E-state index contributed by atoms with van der Waals surface area (Å²) in [5.41, 5.74) is 7.89. The fraction of sp³-hybridized carbons (Fsp3) is 0.200. The predicted molar refractivity (Wildman–Crippen MR) is 93.8 cm³/mol. The molecule has 0 heterocycles. The second-order valence-electron chi connectivity index (χ2n) is 4.62. The number of phenols is 1. The minimum absolute atomic E-state index is 0. The highest BCUT2D eigenvalue weighted by molar-refractivity contribution is 9.11. The Labute approximate surface area is 146 Å². The molecule has 4 N–H and O–H groups in total. The van der Waals surface area contributed by atoms with Crippen molar-refractivity contribution in [2.45, 2.75) is 18.6 Å². The number of benzene rings is 2. The highest BCUT2D eigenvalue weighted by Crippen LogP contribution is 2.35. The molecule has 0 saturated heterocycles. The number of hydrogen-bond donors (Lipinski definition) is 3. The minimum atomic E-state index is -0.694. The number of aromatic hydroxyl groups is 1. The SMILES string of the molecule is Cl.N[C@H](c1cc(Br)c(O)c(Br)c1)[C@@H](O)Cc1ccccc1. The number of halogens is 3. The van der Waals surface area contributed by atoms with Gasteiger partial charge in [-0.25, -0.2) is 0 Å². The summed E-state index contributed by atoms with van der Waals surface area (Å²) in [4.78, 5) is 0. The van der Waals surface area contributed by atoms with Gasteiger partial charge in [0.2, 0.25) is 0 Å². The van der Waals surface area contributed by atoms with Crippen LogP contribution >= 0.6 is 44.3 Å². The topological polar surface area (TPSA) is 66.5 Å². The van der Waals surface area contributed by atoms with Crippen LogP contribution in [0.3, 0.4) is 0 Å². The maximum Gasteiger partial charge on any atom is 0.143 e. The molecule has 0 aliphatic carbocycles. The first-order chi connectivity index (χ1) is 9.49. The number of aliphatic hydroxyl groups is 1. The lowest BCUT2D eigenvalue weighted by atomic mass is 9.97. The summed E-state index contributed by atoms with van der Waals surface area (Å²) in [6.45, 7) is 0. The molecule has 2 rings (SSSR count). The molecule has 0 bridgehead atoms. The summed E-state index contributed by atoms with van der Waals surface area (Å²) in [5, 5.41) is 19.9. The molecule has 2 aromatic carbocycles. The minimum Gasteiger partial charge on any atom is -0.506 e. The Morgan fingerprint density at radius 3 is 2.10 bits per heavy atom. The van der Waals surface area contributed by atoms with Gasteiger partial charge in [-0.1, -0.05) is 30.3 Å². The van der Waals surface area contributed by atoms with E-state index in [2.05, 4.69) is 31.9 Å². The number of phenolic OH excluding ortho intramolecular Hbond substituents is 1. The Hall–Kier alpha value is -0.590. The summed E-state index contributed by atoms with van der Waals surface area (Å²) < 4.78 is 1.09. The molecule has 0 fully saturated rings. The largest absolute Gasteiger partial charge is 0.506 e. The van der Waals surface area contributed by atoms with Crippen LogP contribution < -0.4 is 5.73 Å². The molecule has 2 atom stereocenters. The van der Waals surface area contributed by atoms with Crippen molar-refractivity contribution < 1.29 is 10.2 Å². The van der Waals surface area contributed by atoms with Crippen molar-refractivity contribution in [3.63, 3.8) is 0 Å². The third-order valence-corrected chi connectivity index (χ3v) is 4.34. The summed E-state index contributed by atoms with van der Waals surface area (Å²) in [6.07, 6.45) is -0.210. The van der Waals surface area contributed by atoms with Crippen molar-refractivity contribution in [1.29, 1.82) is 0 Å². The van der Waals surface area contributed by atoms with Crippen LogP contribution in [0.1, 0.15) is 17.2 Å². The zero-order valence-corrected chi connectivity index (χ0v) is 15.0. The molecule has 114 valence electrons. The van der Waals surface area contributed by atoms with E-state index in [1.807, 2.05) is 30.3 Å². The molecule has 0 aromatic heterocycles. The van der Waals surface area contributed by atoms with E-state index in [0.29, 0.717) is 15.4 Å². The molecule has 0 aliphatic heterocycles. The smallest absolute Gasteiger partial charge is 0.143 e. The van der Waals surface area contributed by atoms with E-state index < -0.39 is 12.1 Å². The number of nitrogens with two attached hydrogens (primary N) is 1. The Morgan fingerprint density at radius 2 is 1.57 bits per heavy atom. The number of rotatable bonds is 4. The average molecular weight is 438 g/mol. The number of hydrogen-bond acceptors (Lipinski definition) is 3. The van der Waals surface area contributed by atoms with Crippen molar-refractivity contribution in [3.05, 3.63) is 62.5 Å². The molecule has 0 spiro atoms. The van der Waals surface area contributed by atoms with Gasteiger partial charge in [0.05, 0.1) is 21.1 Å². The van der Waals surface area contributed by atoms with Crippen LogP contribution in [-0.4, -0.2) is 16.3 Å². The molecular weight excluding hydrogens is 421 g/mol. The monoisotopic (exact) mass is 435 g/mol. The second kappa shape index (κ2) is 8.15. The zero-order valence-electron chi connectivity index (χ0n) is 11.0. The van der Waals surface area contributed by atoms with Crippen LogP contribution in [0.2, 0.25) is 0 Å². The van der Waals surface area contributed by atoms with Crippen molar-refractivity contribution in [2.75, 3.05) is 0 Å². The van der Waals surface area contributed by atoms with Crippen LogP contribution in [-0.2, 0) is 6.42 Å². The molecule has 0 unspecified atom stereocenters. The lowest BCUT2D eigenvalue weighted by Crippen LogP contribution is -2.28. The molecule has 0 amide bonds. The lowest BCUT2D eigenvalue weighted by molar-refractivity contribution is 0.145. The summed E-state index contributed by atoms with van der Waals surface area (Å²) >= 11 is 6.53. The van der Waals surface area contributed by atoms with E-state index in [4.69, 9.17) is 5.73 Å². The summed E-state index contributed by atoms with van der Waals surface area (Å²) in [7, 11) is 0. The van der Waals surface area contributed by atoms with E-state index in [1.54, 1.807) is 12.1 Å². The van der Waals surface area contributed by atoms with Crippen LogP contribution in [0.4, 0.5) is 0 Å². The highest BCUT2D eigenvalue weighted by atomic mass is 79.9. The van der Waals surface area contributed by atoms with Gasteiger partial charge in [-0.3, -0.25) is 0 Å². The third kappa shape index (κ3) is 4.69. The van der Waals surface area contributed by atoms with Gasteiger partial charge in [-0.05, 0) is 55.1 Å². The quantitative estimate of drug-likeness (QED) is 0.679. The third-order valence-electron chi connectivity index (χ3n) is 3.13. The van der Waals surface area contributed by atoms with E-state index >= 15 is 0 Å². The van der Waals surface area contributed by atoms with Crippen LogP contribution in [0.25, 0.3) is 0 Å². The van der Waals surface area contributed by atoms with Gasteiger partial charge in [-0.15, -0.1) is 12.4 Å². The fourth-order valence-corrected chi connectivity index (χ4v) is 3.20. The number of aliphatic hydroxyl groups excluding tert-OH is 1. The van der Waals surface area contributed by atoms with Crippen LogP contribution in [0.5, 0.6) is 5.75 Å². The van der Waals surface area contributed by atoms with Crippen LogP contribution in [0.15, 0.2) is 51.4 Å². The highest BCUT2D eigenvalue weighted by Gasteiger charge is 2.19. The predicted octanol–water partition coefficient (Wildman–Crippen LogP) is 3.94.